The lowest BCUT2D eigenvalue weighted by atomic mass is 9.62. The first-order chi connectivity index (χ1) is 6.27. The van der Waals surface area contributed by atoms with Crippen molar-refractivity contribution in [3.05, 3.63) is 12.2 Å². The van der Waals surface area contributed by atoms with Crippen LogP contribution in [0.15, 0.2) is 12.2 Å². The van der Waals surface area contributed by atoms with Crippen LogP contribution in [0.3, 0.4) is 0 Å². The molecular formula is C12H18O. The predicted molar refractivity (Wildman–Crippen MR) is 53.4 cm³/mol. The van der Waals surface area contributed by atoms with Crippen LogP contribution in [0.2, 0.25) is 0 Å². The van der Waals surface area contributed by atoms with Crippen molar-refractivity contribution < 1.29 is 4.79 Å². The lowest BCUT2D eigenvalue weighted by molar-refractivity contribution is -0.130. The monoisotopic (exact) mass is 178 g/mol. The minimum Gasteiger partial charge on any atom is -0.299 e. The van der Waals surface area contributed by atoms with Gasteiger partial charge in [-0.25, -0.2) is 0 Å². The molecule has 3 rings (SSSR count). The van der Waals surface area contributed by atoms with E-state index in [0.717, 1.165) is 19.3 Å². The highest BCUT2D eigenvalue weighted by atomic mass is 16.1. The molecule has 0 radical (unpaired) electrons. The van der Waals surface area contributed by atoms with Crippen molar-refractivity contribution in [1.29, 1.82) is 0 Å². The maximum Gasteiger partial charge on any atom is 0.143 e. The third kappa shape index (κ3) is 1.45. The third-order valence-corrected chi connectivity index (χ3v) is 3.63. The summed E-state index contributed by atoms with van der Waals surface area (Å²) in [5, 5.41) is 0. The Balaban J connectivity index is 2.13. The van der Waals surface area contributed by atoms with Gasteiger partial charge in [-0.05, 0) is 25.2 Å². The maximum atomic E-state index is 11.8. The Morgan fingerprint density at radius 1 is 1.62 bits per heavy atom. The van der Waals surface area contributed by atoms with Gasteiger partial charge in [-0.15, -0.1) is 0 Å². The second-order valence-corrected chi connectivity index (χ2v) is 4.54. The number of hydrogen-bond acceptors (Lipinski definition) is 1. The minimum atomic E-state index is -0.0231. The number of hydrogen-bond donors (Lipinski definition) is 0. The quantitative estimate of drug-likeness (QED) is 0.607. The molecule has 3 aliphatic rings. The van der Waals surface area contributed by atoms with Crippen LogP contribution in [-0.4, -0.2) is 5.78 Å². The maximum absolute atomic E-state index is 11.8. The Morgan fingerprint density at radius 3 is 3.00 bits per heavy atom. The average molecular weight is 178 g/mol. The van der Waals surface area contributed by atoms with Crippen molar-refractivity contribution >= 4 is 5.78 Å². The smallest absolute Gasteiger partial charge is 0.143 e. The fourth-order valence-corrected chi connectivity index (χ4v) is 2.63. The van der Waals surface area contributed by atoms with E-state index in [1.807, 2.05) is 0 Å². The van der Waals surface area contributed by atoms with Crippen molar-refractivity contribution in [3.8, 4) is 0 Å². The van der Waals surface area contributed by atoms with Crippen LogP contribution in [0.4, 0.5) is 0 Å². The van der Waals surface area contributed by atoms with Gasteiger partial charge in [0.2, 0.25) is 0 Å². The molecule has 0 amide bonds. The molecule has 1 saturated carbocycles. The number of unbranched alkanes of at least 4 members (excludes halogenated alkanes) is 1. The van der Waals surface area contributed by atoms with E-state index in [-0.39, 0.29) is 5.41 Å². The number of fused-ring (bicyclic) bond motifs is 2. The molecule has 1 heteroatoms. The molecule has 1 nitrogen and oxygen atoms in total. The molecule has 0 aliphatic heterocycles. The van der Waals surface area contributed by atoms with Crippen LogP contribution in [0.5, 0.6) is 0 Å². The highest BCUT2D eigenvalue weighted by molar-refractivity contribution is 5.89. The number of carbonyl (C=O) groups is 1. The van der Waals surface area contributed by atoms with Crippen LogP contribution in [-0.2, 0) is 4.79 Å². The summed E-state index contributed by atoms with van der Waals surface area (Å²) in [7, 11) is 0. The topological polar surface area (TPSA) is 17.1 Å². The zero-order valence-electron chi connectivity index (χ0n) is 8.38. The fraction of sp³-hybridized carbons (Fsp3) is 0.750. The molecule has 13 heavy (non-hydrogen) atoms. The van der Waals surface area contributed by atoms with E-state index >= 15 is 0 Å². The van der Waals surface area contributed by atoms with Gasteiger partial charge in [0, 0.05) is 11.8 Å². The fourth-order valence-electron chi connectivity index (χ4n) is 2.63. The molecule has 0 aromatic rings. The van der Waals surface area contributed by atoms with Gasteiger partial charge in [0.1, 0.15) is 5.78 Å². The Bertz CT molecular complexity index is 242. The van der Waals surface area contributed by atoms with Gasteiger partial charge in [-0.3, -0.25) is 4.79 Å². The van der Waals surface area contributed by atoms with Gasteiger partial charge in [0.15, 0.2) is 0 Å². The Kier molecular flexibility index (Phi) is 2.27. The minimum absolute atomic E-state index is 0.0231. The van der Waals surface area contributed by atoms with Crippen molar-refractivity contribution in [2.24, 2.45) is 11.3 Å². The largest absolute Gasteiger partial charge is 0.299 e. The highest BCUT2D eigenvalue weighted by Crippen LogP contribution is 2.46. The molecule has 2 bridgehead atoms. The average Bonchev–Trinajstić information content (AvgIpc) is 2.17. The first-order valence-electron chi connectivity index (χ1n) is 5.49. The molecule has 1 fully saturated rings. The van der Waals surface area contributed by atoms with E-state index in [4.69, 9.17) is 0 Å². The number of allylic oxidation sites excluding steroid dienone is 2. The number of Topliss-reactive ketones (excluding diaryl/α,β-unsaturated/α-hetero) is 1. The van der Waals surface area contributed by atoms with Gasteiger partial charge in [-0.1, -0.05) is 31.9 Å². The first-order valence-corrected chi connectivity index (χ1v) is 5.49. The molecule has 3 aliphatic carbocycles. The predicted octanol–water partition coefficient (Wildman–Crippen LogP) is 3.10. The summed E-state index contributed by atoms with van der Waals surface area (Å²) < 4.78 is 0. The van der Waals surface area contributed by atoms with Crippen LogP contribution < -0.4 is 0 Å². The molecular weight excluding hydrogens is 160 g/mol. The molecule has 0 saturated heterocycles. The summed E-state index contributed by atoms with van der Waals surface area (Å²) in [5.41, 5.74) is -0.0231. The van der Waals surface area contributed by atoms with Crippen LogP contribution >= 0.6 is 0 Å². The Labute approximate surface area is 80.2 Å². The molecule has 0 aromatic carbocycles. The lowest BCUT2D eigenvalue weighted by Gasteiger charge is -2.40. The van der Waals surface area contributed by atoms with Crippen molar-refractivity contribution in [2.45, 2.75) is 45.4 Å². The summed E-state index contributed by atoms with van der Waals surface area (Å²) in [6.45, 7) is 2.19. The highest BCUT2D eigenvalue weighted by Gasteiger charge is 2.42. The normalized spacial score (nSPS) is 37.0. The molecule has 0 aromatic heterocycles. The molecule has 72 valence electrons. The molecule has 0 unspecified atom stereocenters. The van der Waals surface area contributed by atoms with Crippen molar-refractivity contribution in [1.82, 2.24) is 0 Å². The summed E-state index contributed by atoms with van der Waals surface area (Å²) >= 11 is 0. The molecule has 0 N–H and O–H groups in total. The van der Waals surface area contributed by atoms with E-state index in [2.05, 4.69) is 19.1 Å². The molecule has 0 heterocycles. The van der Waals surface area contributed by atoms with E-state index in [0.29, 0.717) is 11.7 Å². The zero-order chi connectivity index (χ0) is 9.31. The zero-order valence-corrected chi connectivity index (χ0v) is 8.38. The number of rotatable bonds is 3. The van der Waals surface area contributed by atoms with E-state index in [1.54, 1.807) is 0 Å². The standard InChI is InChI=1S/C12H18O/c1-2-3-6-12-7-4-10(5-8-12)9-11(12)13/h4,7,10H,2-3,5-6,8-9H2,1H3/t10-,12+/m0/s1. The van der Waals surface area contributed by atoms with Gasteiger partial charge in [-0.2, -0.15) is 0 Å². The number of carbonyl (C=O) groups excluding carboxylic acids is 1. The Hall–Kier alpha value is -0.590. The van der Waals surface area contributed by atoms with Crippen molar-refractivity contribution in [2.75, 3.05) is 0 Å². The molecule has 0 spiro atoms. The van der Waals surface area contributed by atoms with Crippen molar-refractivity contribution in [3.63, 3.8) is 0 Å². The SMILES string of the molecule is CCCC[C@@]12C=C[C@@H](CC1)CC2=O. The van der Waals surface area contributed by atoms with E-state index < -0.39 is 0 Å². The molecule has 2 atom stereocenters. The lowest BCUT2D eigenvalue weighted by Crippen LogP contribution is -2.38. The van der Waals surface area contributed by atoms with Gasteiger partial charge < -0.3 is 0 Å². The second kappa shape index (κ2) is 3.28. The van der Waals surface area contributed by atoms with E-state index in [9.17, 15) is 4.79 Å². The van der Waals surface area contributed by atoms with Gasteiger partial charge in [0.25, 0.3) is 0 Å². The summed E-state index contributed by atoms with van der Waals surface area (Å²) in [6, 6.07) is 0. The van der Waals surface area contributed by atoms with Gasteiger partial charge >= 0.3 is 0 Å². The van der Waals surface area contributed by atoms with Crippen LogP contribution in [0, 0.1) is 11.3 Å². The second-order valence-electron chi connectivity index (χ2n) is 4.54. The van der Waals surface area contributed by atoms with Crippen LogP contribution in [0.1, 0.15) is 45.4 Å². The van der Waals surface area contributed by atoms with Gasteiger partial charge in [0.05, 0.1) is 0 Å². The summed E-state index contributed by atoms with van der Waals surface area (Å²) in [5.74, 6) is 1.09. The summed E-state index contributed by atoms with van der Waals surface area (Å²) in [6.07, 6.45) is 11.2. The number of ketones is 1. The van der Waals surface area contributed by atoms with E-state index in [1.165, 1.54) is 19.3 Å². The Morgan fingerprint density at radius 2 is 2.46 bits per heavy atom. The van der Waals surface area contributed by atoms with Crippen LogP contribution in [0.25, 0.3) is 0 Å². The first kappa shape index (κ1) is 8.98. The summed E-state index contributed by atoms with van der Waals surface area (Å²) in [4.78, 5) is 11.8. The third-order valence-electron chi connectivity index (χ3n) is 3.63.